The molecule has 0 bridgehead atoms. The Hall–Kier alpha value is -1.39. The molecule has 0 radical (unpaired) electrons. The Labute approximate surface area is 139 Å². The molecule has 126 valence electrons. The van der Waals surface area contributed by atoms with E-state index in [1.807, 2.05) is 7.05 Å². The second-order valence-corrected chi connectivity index (χ2v) is 6.89. The molecule has 2 N–H and O–H groups in total. The third-order valence-electron chi connectivity index (χ3n) is 5.27. The van der Waals surface area contributed by atoms with Gasteiger partial charge >= 0.3 is 0 Å². The van der Waals surface area contributed by atoms with E-state index in [4.69, 9.17) is 0 Å². The topological polar surface area (TPSA) is 44.4 Å². The van der Waals surface area contributed by atoms with Gasteiger partial charge in [0, 0.05) is 25.6 Å². The van der Waals surface area contributed by atoms with Crippen LogP contribution in [0.3, 0.4) is 0 Å². The number of hydrogen-bond donors (Lipinski definition) is 2. The summed E-state index contributed by atoms with van der Waals surface area (Å²) in [5.74, 6) is 0.193. The Kier molecular flexibility index (Phi) is 5.68. The fourth-order valence-corrected chi connectivity index (χ4v) is 3.92. The number of hydrogen-bond acceptors (Lipinski definition) is 3. The first-order valence-electron chi connectivity index (χ1n) is 9.03. The second kappa shape index (κ2) is 7.93. The minimum atomic E-state index is 0.193. The van der Waals surface area contributed by atoms with Crippen LogP contribution >= 0.6 is 0 Å². The highest BCUT2D eigenvalue weighted by atomic mass is 16.1. The van der Waals surface area contributed by atoms with Crippen LogP contribution in [0.2, 0.25) is 0 Å². The van der Waals surface area contributed by atoms with E-state index in [9.17, 15) is 4.79 Å². The van der Waals surface area contributed by atoms with Crippen LogP contribution in [0.4, 0.5) is 0 Å². The average Bonchev–Trinajstić information content (AvgIpc) is 2.60. The lowest BCUT2D eigenvalue weighted by atomic mass is 9.87. The summed E-state index contributed by atoms with van der Waals surface area (Å²) < 4.78 is 0. The zero-order valence-electron chi connectivity index (χ0n) is 14.2. The second-order valence-electron chi connectivity index (χ2n) is 6.89. The summed E-state index contributed by atoms with van der Waals surface area (Å²) in [7, 11) is 2.03. The van der Waals surface area contributed by atoms with Gasteiger partial charge in [0.25, 0.3) is 0 Å². The normalized spacial score (nSPS) is 24.9. The van der Waals surface area contributed by atoms with Gasteiger partial charge in [-0.2, -0.15) is 0 Å². The number of amides is 1. The maximum atomic E-state index is 12.4. The third kappa shape index (κ3) is 4.33. The standard InChI is InChI=1S/C19H29N3O/c1-20-16-8-5-12-22(14-16)13-11-19(23)21-18-10-4-7-15-6-2-3-9-17(15)18/h2-3,6,9,16,18,20H,4-5,7-8,10-14H2,1H3,(H,21,23). The van der Waals surface area contributed by atoms with Gasteiger partial charge in [-0.1, -0.05) is 24.3 Å². The van der Waals surface area contributed by atoms with Crippen LogP contribution in [0.25, 0.3) is 0 Å². The molecule has 1 aliphatic heterocycles. The number of fused-ring (bicyclic) bond motifs is 1. The van der Waals surface area contributed by atoms with Crippen molar-refractivity contribution in [3.8, 4) is 0 Å². The number of likely N-dealkylation sites (tertiary alicyclic amines) is 1. The van der Waals surface area contributed by atoms with Crippen LogP contribution in [-0.2, 0) is 11.2 Å². The first-order valence-corrected chi connectivity index (χ1v) is 9.03. The molecule has 4 nitrogen and oxygen atoms in total. The van der Waals surface area contributed by atoms with Crippen molar-refractivity contribution in [2.24, 2.45) is 0 Å². The van der Waals surface area contributed by atoms with Crippen molar-refractivity contribution in [1.82, 2.24) is 15.5 Å². The molecule has 1 saturated heterocycles. The van der Waals surface area contributed by atoms with Crippen molar-refractivity contribution in [3.05, 3.63) is 35.4 Å². The van der Waals surface area contributed by atoms with Gasteiger partial charge in [0.1, 0.15) is 0 Å². The van der Waals surface area contributed by atoms with Crippen molar-refractivity contribution in [2.75, 3.05) is 26.7 Å². The van der Waals surface area contributed by atoms with E-state index in [-0.39, 0.29) is 11.9 Å². The molecule has 23 heavy (non-hydrogen) atoms. The van der Waals surface area contributed by atoms with Gasteiger partial charge in [0.15, 0.2) is 0 Å². The molecule has 2 unspecified atom stereocenters. The molecule has 2 aliphatic rings. The summed E-state index contributed by atoms with van der Waals surface area (Å²) in [6, 6.07) is 9.32. The summed E-state index contributed by atoms with van der Waals surface area (Å²) in [5, 5.41) is 6.61. The van der Waals surface area contributed by atoms with E-state index in [0.29, 0.717) is 12.5 Å². The van der Waals surface area contributed by atoms with Crippen LogP contribution < -0.4 is 10.6 Å². The van der Waals surface area contributed by atoms with Crippen molar-refractivity contribution in [3.63, 3.8) is 0 Å². The maximum Gasteiger partial charge on any atom is 0.221 e. The Bertz CT molecular complexity index is 531. The quantitative estimate of drug-likeness (QED) is 0.876. The van der Waals surface area contributed by atoms with E-state index in [1.165, 1.54) is 24.0 Å². The number of carbonyl (C=O) groups excluding carboxylic acids is 1. The van der Waals surface area contributed by atoms with Crippen LogP contribution in [0, 0.1) is 0 Å². The molecule has 1 aliphatic carbocycles. The lowest BCUT2D eigenvalue weighted by Crippen LogP contribution is -2.45. The summed E-state index contributed by atoms with van der Waals surface area (Å²) in [6.45, 7) is 3.06. The number of carbonyl (C=O) groups is 1. The van der Waals surface area contributed by atoms with E-state index in [2.05, 4.69) is 39.8 Å². The Morgan fingerprint density at radius 2 is 2.13 bits per heavy atom. The predicted octanol–water partition coefficient (Wildman–Crippen LogP) is 2.25. The molecule has 1 aromatic carbocycles. The molecular formula is C19H29N3O. The fourth-order valence-electron chi connectivity index (χ4n) is 3.92. The van der Waals surface area contributed by atoms with Gasteiger partial charge in [-0.15, -0.1) is 0 Å². The van der Waals surface area contributed by atoms with E-state index in [1.54, 1.807) is 0 Å². The minimum Gasteiger partial charge on any atom is -0.349 e. The number of piperidine rings is 1. The number of benzene rings is 1. The summed E-state index contributed by atoms with van der Waals surface area (Å²) in [5.41, 5.74) is 2.72. The maximum absolute atomic E-state index is 12.4. The van der Waals surface area contributed by atoms with Gasteiger partial charge < -0.3 is 15.5 Å². The lowest BCUT2D eigenvalue weighted by Gasteiger charge is -2.32. The highest BCUT2D eigenvalue weighted by Crippen LogP contribution is 2.29. The number of aryl methyl sites for hydroxylation is 1. The van der Waals surface area contributed by atoms with Crippen LogP contribution in [0.15, 0.2) is 24.3 Å². The number of nitrogens with zero attached hydrogens (tertiary/aromatic N) is 1. The van der Waals surface area contributed by atoms with Crippen molar-refractivity contribution >= 4 is 5.91 Å². The van der Waals surface area contributed by atoms with Crippen LogP contribution in [-0.4, -0.2) is 43.5 Å². The Morgan fingerprint density at radius 1 is 1.26 bits per heavy atom. The highest BCUT2D eigenvalue weighted by Gasteiger charge is 2.22. The van der Waals surface area contributed by atoms with Gasteiger partial charge in [-0.3, -0.25) is 4.79 Å². The molecule has 4 heteroatoms. The molecule has 1 amide bonds. The monoisotopic (exact) mass is 315 g/mol. The van der Waals surface area contributed by atoms with E-state index < -0.39 is 0 Å². The molecule has 2 atom stereocenters. The molecule has 0 spiro atoms. The first-order chi connectivity index (χ1) is 11.3. The molecule has 1 fully saturated rings. The van der Waals surface area contributed by atoms with E-state index >= 15 is 0 Å². The molecular weight excluding hydrogens is 286 g/mol. The fraction of sp³-hybridized carbons (Fsp3) is 0.632. The lowest BCUT2D eigenvalue weighted by molar-refractivity contribution is -0.122. The molecule has 1 aromatic rings. The minimum absolute atomic E-state index is 0.193. The largest absolute Gasteiger partial charge is 0.349 e. The summed E-state index contributed by atoms with van der Waals surface area (Å²) in [4.78, 5) is 14.8. The zero-order valence-corrected chi connectivity index (χ0v) is 14.2. The number of rotatable bonds is 5. The average molecular weight is 315 g/mol. The SMILES string of the molecule is CNC1CCCN(CCC(=O)NC2CCCc3ccccc32)C1. The van der Waals surface area contributed by atoms with E-state index in [0.717, 1.165) is 38.9 Å². The van der Waals surface area contributed by atoms with Crippen LogP contribution in [0.1, 0.15) is 49.3 Å². The van der Waals surface area contributed by atoms with Gasteiger partial charge in [0.05, 0.1) is 6.04 Å². The third-order valence-corrected chi connectivity index (χ3v) is 5.27. The van der Waals surface area contributed by atoms with Crippen LogP contribution in [0.5, 0.6) is 0 Å². The number of likely N-dealkylation sites (N-methyl/N-ethyl adjacent to an activating group) is 1. The first kappa shape index (κ1) is 16.5. The predicted molar refractivity (Wildman–Crippen MR) is 93.4 cm³/mol. The smallest absolute Gasteiger partial charge is 0.221 e. The van der Waals surface area contributed by atoms with Gasteiger partial charge in [0.2, 0.25) is 5.91 Å². The molecule has 1 heterocycles. The Balaban J connectivity index is 1.48. The highest BCUT2D eigenvalue weighted by molar-refractivity contribution is 5.76. The Morgan fingerprint density at radius 3 is 3.00 bits per heavy atom. The molecule has 3 rings (SSSR count). The van der Waals surface area contributed by atoms with Crippen molar-refractivity contribution < 1.29 is 4.79 Å². The molecule has 0 saturated carbocycles. The zero-order chi connectivity index (χ0) is 16.1. The summed E-state index contributed by atoms with van der Waals surface area (Å²) in [6.07, 6.45) is 6.45. The summed E-state index contributed by atoms with van der Waals surface area (Å²) >= 11 is 0. The van der Waals surface area contributed by atoms with Gasteiger partial charge in [-0.05, 0) is 56.8 Å². The molecule has 0 aromatic heterocycles. The van der Waals surface area contributed by atoms with Crippen molar-refractivity contribution in [2.45, 2.75) is 50.6 Å². The van der Waals surface area contributed by atoms with Crippen molar-refractivity contribution in [1.29, 1.82) is 0 Å². The number of nitrogens with one attached hydrogen (secondary N) is 2. The van der Waals surface area contributed by atoms with Gasteiger partial charge in [-0.25, -0.2) is 0 Å².